The predicted octanol–water partition coefficient (Wildman–Crippen LogP) is 1.90. The fourth-order valence-corrected chi connectivity index (χ4v) is 2.94. The minimum atomic E-state index is -3.82. The van der Waals surface area contributed by atoms with E-state index in [1.54, 1.807) is 20.8 Å². The van der Waals surface area contributed by atoms with E-state index in [1.165, 1.54) is 18.2 Å². The van der Waals surface area contributed by atoms with Crippen molar-refractivity contribution in [3.05, 3.63) is 28.8 Å². The lowest BCUT2D eigenvalue weighted by atomic mass is 9.89. The van der Waals surface area contributed by atoms with E-state index in [9.17, 15) is 13.5 Å². The molecule has 0 aromatic heterocycles. The SMILES string of the molecule is CC(C)(C)C(O)CNS(=O)(=O)c1ccc(C#N)cc1Cl. The molecule has 0 heterocycles. The molecule has 0 bridgehead atoms. The fraction of sp³-hybridized carbons (Fsp3) is 0.462. The normalized spacial score (nSPS) is 13.8. The van der Waals surface area contributed by atoms with Gasteiger partial charge in [0.1, 0.15) is 4.90 Å². The summed E-state index contributed by atoms with van der Waals surface area (Å²) >= 11 is 5.87. The fourth-order valence-electron chi connectivity index (χ4n) is 1.36. The smallest absolute Gasteiger partial charge is 0.242 e. The highest BCUT2D eigenvalue weighted by Crippen LogP contribution is 2.23. The molecular weight excluding hydrogens is 300 g/mol. The first-order valence-electron chi connectivity index (χ1n) is 5.95. The molecule has 0 radical (unpaired) electrons. The van der Waals surface area contributed by atoms with Gasteiger partial charge in [0.2, 0.25) is 10.0 Å². The van der Waals surface area contributed by atoms with Crippen molar-refractivity contribution in [3.8, 4) is 6.07 Å². The monoisotopic (exact) mass is 316 g/mol. The van der Waals surface area contributed by atoms with E-state index in [-0.39, 0.29) is 22.0 Å². The first-order chi connectivity index (χ1) is 9.08. The molecule has 0 spiro atoms. The van der Waals surface area contributed by atoms with Crippen molar-refractivity contribution in [2.75, 3.05) is 6.54 Å². The summed E-state index contributed by atoms with van der Waals surface area (Å²) in [6, 6.07) is 5.81. The van der Waals surface area contributed by atoms with Crippen LogP contribution in [0.3, 0.4) is 0 Å². The van der Waals surface area contributed by atoms with Crippen LogP contribution in [0.1, 0.15) is 26.3 Å². The summed E-state index contributed by atoms with van der Waals surface area (Å²) in [4.78, 5) is -0.112. The molecule has 1 aromatic carbocycles. The second kappa shape index (κ2) is 6.10. The number of aliphatic hydroxyl groups excluding tert-OH is 1. The van der Waals surface area contributed by atoms with E-state index in [2.05, 4.69) is 4.72 Å². The van der Waals surface area contributed by atoms with Crippen LogP contribution >= 0.6 is 11.6 Å². The van der Waals surface area contributed by atoms with Crippen LogP contribution < -0.4 is 4.72 Å². The lowest BCUT2D eigenvalue weighted by Crippen LogP contribution is -2.39. The lowest BCUT2D eigenvalue weighted by Gasteiger charge is -2.25. The molecule has 0 saturated heterocycles. The number of aliphatic hydroxyl groups is 1. The molecule has 1 atom stereocenters. The van der Waals surface area contributed by atoms with E-state index in [0.717, 1.165) is 0 Å². The van der Waals surface area contributed by atoms with E-state index in [0.29, 0.717) is 0 Å². The van der Waals surface area contributed by atoms with E-state index >= 15 is 0 Å². The van der Waals surface area contributed by atoms with Gasteiger partial charge in [-0.1, -0.05) is 32.4 Å². The summed E-state index contributed by atoms with van der Waals surface area (Å²) in [7, 11) is -3.82. The Hall–Kier alpha value is -1.13. The first-order valence-corrected chi connectivity index (χ1v) is 7.81. The summed E-state index contributed by atoms with van der Waals surface area (Å²) in [5.74, 6) is 0. The third kappa shape index (κ3) is 4.18. The largest absolute Gasteiger partial charge is 0.391 e. The second-order valence-corrected chi connectivity index (χ2v) is 7.63. The molecule has 0 saturated carbocycles. The number of halogens is 1. The average Bonchev–Trinajstić information content (AvgIpc) is 2.34. The van der Waals surface area contributed by atoms with Crippen LogP contribution in [-0.4, -0.2) is 26.2 Å². The van der Waals surface area contributed by atoms with Crippen molar-refractivity contribution < 1.29 is 13.5 Å². The second-order valence-electron chi connectivity index (χ2n) is 5.49. The molecule has 0 fully saturated rings. The lowest BCUT2D eigenvalue weighted by molar-refractivity contribution is 0.0677. The van der Waals surface area contributed by atoms with Crippen LogP contribution in [0.15, 0.2) is 23.1 Å². The molecule has 0 aliphatic rings. The Labute approximate surface area is 124 Å². The Morgan fingerprint density at radius 3 is 2.50 bits per heavy atom. The first kappa shape index (κ1) is 16.9. The molecule has 5 nitrogen and oxygen atoms in total. The number of hydrogen-bond donors (Lipinski definition) is 2. The third-order valence-corrected chi connectivity index (χ3v) is 4.72. The minimum Gasteiger partial charge on any atom is -0.391 e. The van der Waals surface area contributed by atoms with Gasteiger partial charge in [-0.3, -0.25) is 0 Å². The maximum atomic E-state index is 12.1. The molecule has 1 unspecified atom stereocenters. The van der Waals surface area contributed by atoms with Crippen molar-refractivity contribution in [1.82, 2.24) is 4.72 Å². The number of hydrogen-bond acceptors (Lipinski definition) is 4. The summed E-state index contributed by atoms with van der Waals surface area (Å²) in [5, 5.41) is 18.5. The van der Waals surface area contributed by atoms with Gasteiger partial charge < -0.3 is 5.11 Å². The third-order valence-electron chi connectivity index (χ3n) is 2.82. The number of nitrogens with one attached hydrogen (secondary N) is 1. The highest BCUT2D eigenvalue weighted by molar-refractivity contribution is 7.89. The Kier molecular flexibility index (Phi) is 5.16. The van der Waals surface area contributed by atoms with Crippen molar-refractivity contribution in [3.63, 3.8) is 0 Å². The topological polar surface area (TPSA) is 90.2 Å². The van der Waals surface area contributed by atoms with Crippen molar-refractivity contribution in [1.29, 1.82) is 5.26 Å². The molecular formula is C13H17ClN2O3S. The summed E-state index contributed by atoms with van der Waals surface area (Å²) < 4.78 is 26.5. The molecule has 2 N–H and O–H groups in total. The van der Waals surface area contributed by atoms with Gasteiger partial charge >= 0.3 is 0 Å². The molecule has 1 aromatic rings. The van der Waals surface area contributed by atoms with Gasteiger partial charge in [-0.25, -0.2) is 13.1 Å². The molecule has 0 aliphatic carbocycles. The molecule has 0 amide bonds. The van der Waals surface area contributed by atoms with Crippen LogP contribution in [0.5, 0.6) is 0 Å². The van der Waals surface area contributed by atoms with Crippen LogP contribution in [0.4, 0.5) is 0 Å². The Bertz CT molecular complexity index is 630. The van der Waals surface area contributed by atoms with E-state index < -0.39 is 21.5 Å². The molecule has 110 valence electrons. The quantitative estimate of drug-likeness (QED) is 0.887. The van der Waals surface area contributed by atoms with Gasteiger partial charge in [0, 0.05) is 6.54 Å². The molecule has 7 heteroatoms. The highest BCUT2D eigenvalue weighted by Gasteiger charge is 2.25. The van der Waals surface area contributed by atoms with Crippen LogP contribution in [0.2, 0.25) is 5.02 Å². The van der Waals surface area contributed by atoms with Crippen molar-refractivity contribution in [2.24, 2.45) is 5.41 Å². The number of nitrogens with zero attached hydrogens (tertiary/aromatic N) is 1. The van der Waals surface area contributed by atoms with Gasteiger partial charge in [-0.15, -0.1) is 0 Å². The van der Waals surface area contributed by atoms with E-state index in [4.69, 9.17) is 16.9 Å². The number of nitriles is 1. The molecule has 1 rings (SSSR count). The maximum absolute atomic E-state index is 12.1. The number of sulfonamides is 1. The molecule has 0 aliphatic heterocycles. The average molecular weight is 317 g/mol. The van der Waals surface area contributed by atoms with Gasteiger partial charge in [0.15, 0.2) is 0 Å². The van der Waals surface area contributed by atoms with Gasteiger partial charge in [0.25, 0.3) is 0 Å². The summed E-state index contributed by atoms with van der Waals surface area (Å²) in [6.45, 7) is 5.31. The zero-order valence-corrected chi connectivity index (χ0v) is 13.1. The van der Waals surface area contributed by atoms with Crippen molar-refractivity contribution >= 4 is 21.6 Å². The predicted molar refractivity (Wildman–Crippen MR) is 76.8 cm³/mol. The Morgan fingerprint density at radius 1 is 1.45 bits per heavy atom. The summed E-state index contributed by atoms with van der Waals surface area (Å²) in [5.41, 5.74) is -0.152. The molecule has 20 heavy (non-hydrogen) atoms. The maximum Gasteiger partial charge on any atom is 0.242 e. The summed E-state index contributed by atoms with van der Waals surface area (Å²) in [6.07, 6.45) is -0.825. The highest BCUT2D eigenvalue weighted by atomic mass is 35.5. The van der Waals surface area contributed by atoms with Crippen LogP contribution in [0, 0.1) is 16.7 Å². The number of benzene rings is 1. The van der Waals surface area contributed by atoms with E-state index in [1.807, 2.05) is 6.07 Å². The van der Waals surface area contributed by atoms with Gasteiger partial charge in [0.05, 0.1) is 22.8 Å². The van der Waals surface area contributed by atoms with Gasteiger partial charge in [-0.2, -0.15) is 5.26 Å². The van der Waals surface area contributed by atoms with Crippen LogP contribution in [0.25, 0.3) is 0 Å². The standard InChI is InChI=1S/C13H17ClN2O3S/c1-13(2,3)12(17)8-16-20(18,19)11-5-4-9(7-15)6-10(11)14/h4-6,12,16-17H,8H2,1-3H3. The zero-order chi connectivity index (χ0) is 15.6. The van der Waals surface area contributed by atoms with Gasteiger partial charge in [-0.05, 0) is 23.6 Å². The Morgan fingerprint density at radius 2 is 2.05 bits per heavy atom. The minimum absolute atomic E-state index is 0.0261. The number of rotatable bonds is 4. The zero-order valence-electron chi connectivity index (χ0n) is 11.5. The Balaban J connectivity index is 2.93. The van der Waals surface area contributed by atoms with Crippen LogP contribution in [-0.2, 0) is 10.0 Å². The van der Waals surface area contributed by atoms with Crippen molar-refractivity contribution in [2.45, 2.75) is 31.8 Å².